The van der Waals surface area contributed by atoms with Gasteiger partial charge >= 0.3 is 24.5 Å². The summed E-state index contributed by atoms with van der Waals surface area (Å²) in [6, 6.07) is 0. The van der Waals surface area contributed by atoms with E-state index in [2.05, 4.69) is 0 Å². The first-order valence-electron chi connectivity index (χ1n) is 8.51. The number of rotatable bonds is 4. The second-order valence-electron chi connectivity index (χ2n) is 7.72. The van der Waals surface area contributed by atoms with Crippen LogP contribution < -0.4 is 0 Å². The zero-order chi connectivity index (χ0) is 23.2. The summed E-state index contributed by atoms with van der Waals surface area (Å²) >= 11 is 0. The Balaban J connectivity index is 3.44. The Kier molecular flexibility index (Phi) is 6.92. The van der Waals surface area contributed by atoms with Crippen molar-refractivity contribution in [1.82, 2.24) is 0 Å². The molecule has 0 heterocycles. The molecule has 0 spiro atoms. The lowest BCUT2D eigenvalue weighted by atomic mass is 9.66. The van der Waals surface area contributed by atoms with Gasteiger partial charge in [-0.1, -0.05) is 13.8 Å². The second kappa shape index (κ2) is 7.78. The Morgan fingerprint density at radius 2 is 1.24 bits per heavy atom. The molecule has 0 bridgehead atoms. The molecule has 2 N–H and O–H groups in total. The van der Waals surface area contributed by atoms with Crippen molar-refractivity contribution < 1.29 is 59.3 Å². The van der Waals surface area contributed by atoms with Gasteiger partial charge in [-0.15, -0.1) is 0 Å². The molecule has 4 nitrogen and oxygen atoms in total. The number of carbonyl (C=O) groups excluding carboxylic acids is 1. The standard InChI is InChI=1S/C16H21F9O4/c1-7(2)11(26)29-10-5-8(12(3,27)14(17,18)19)4-9(6-10)13(28,15(20,21)22)16(23,24)25/h7-10,27-28H,4-6H2,1-3H3. The summed E-state index contributed by atoms with van der Waals surface area (Å²) in [5, 5.41) is 19.4. The lowest BCUT2D eigenvalue weighted by Gasteiger charge is -2.47. The van der Waals surface area contributed by atoms with Gasteiger partial charge < -0.3 is 14.9 Å². The first-order chi connectivity index (χ1) is 12.7. The van der Waals surface area contributed by atoms with Crippen molar-refractivity contribution in [1.29, 1.82) is 0 Å². The highest BCUT2D eigenvalue weighted by atomic mass is 19.4. The molecule has 0 radical (unpaired) electrons. The van der Waals surface area contributed by atoms with Crippen LogP contribution in [-0.4, -0.2) is 52.0 Å². The maximum atomic E-state index is 13.2. The third-order valence-corrected chi connectivity index (χ3v) is 5.24. The predicted octanol–water partition coefficient (Wildman–Crippen LogP) is 4.14. The van der Waals surface area contributed by atoms with Crippen molar-refractivity contribution in [3.63, 3.8) is 0 Å². The van der Waals surface area contributed by atoms with Crippen LogP contribution in [0.2, 0.25) is 0 Å². The highest BCUT2D eigenvalue weighted by Crippen LogP contribution is 2.55. The molecule has 1 aliphatic rings. The van der Waals surface area contributed by atoms with Crippen LogP contribution in [0.15, 0.2) is 0 Å². The molecule has 4 unspecified atom stereocenters. The van der Waals surface area contributed by atoms with E-state index >= 15 is 0 Å². The Labute approximate surface area is 160 Å². The number of ether oxygens (including phenoxy) is 1. The predicted molar refractivity (Wildman–Crippen MR) is 79.3 cm³/mol. The Bertz CT molecular complexity index is 579. The van der Waals surface area contributed by atoms with Crippen molar-refractivity contribution in [2.24, 2.45) is 17.8 Å². The van der Waals surface area contributed by atoms with Crippen LogP contribution in [0.3, 0.4) is 0 Å². The van der Waals surface area contributed by atoms with Gasteiger partial charge in [0.15, 0.2) is 5.60 Å². The summed E-state index contributed by atoms with van der Waals surface area (Å²) in [6.45, 7) is 2.81. The molecule has 1 aliphatic carbocycles. The van der Waals surface area contributed by atoms with Crippen LogP contribution in [0.5, 0.6) is 0 Å². The average molecular weight is 448 g/mol. The van der Waals surface area contributed by atoms with E-state index < -0.39 is 78.8 Å². The number of carbonyl (C=O) groups is 1. The van der Waals surface area contributed by atoms with E-state index in [-0.39, 0.29) is 6.92 Å². The van der Waals surface area contributed by atoms with Gasteiger partial charge in [0.2, 0.25) is 0 Å². The lowest BCUT2D eigenvalue weighted by Crippen LogP contribution is -2.64. The normalized spacial score (nSPS) is 26.9. The summed E-state index contributed by atoms with van der Waals surface area (Å²) in [7, 11) is 0. The first kappa shape index (κ1) is 25.8. The van der Waals surface area contributed by atoms with Crippen LogP contribution in [0.25, 0.3) is 0 Å². The van der Waals surface area contributed by atoms with Crippen molar-refractivity contribution in [2.75, 3.05) is 0 Å². The average Bonchev–Trinajstić information content (AvgIpc) is 2.50. The minimum atomic E-state index is -6.27. The highest BCUT2D eigenvalue weighted by Gasteiger charge is 2.75. The minimum Gasteiger partial charge on any atom is -0.462 e. The quantitative estimate of drug-likeness (QED) is 0.501. The fourth-order valence-corrected chi connectivity index (χ4v) is 3.32. The molecule has 4 atom stereocenters. The summed E-state index contributed by atoms with van der Waals surface area (Å²) in [5.74, 6) is -6.94. The third kappa shape index (κ3) is 4.92. The van der Waals surface area contributed by atoms with E-state index in [4.69, 9.17) is 4.74 Å². The van der Waals surface area contributed by atoms with Gasteiger partial charge in [0, 0.05) is 11.8 Å². The van der Waals surface area contributed by atoms with Gasteiger partial charge in [0.1, 0.15) is 6.10 Å². The van der Waals surface area contributed by atoms with E-state index in [1.807, 2.05) is 0 Å². The largest absolute Gasteiger partial charge is 0.462 e. The SMILES string of the molecule is CC(C)C(=O)OC1CC(C(C)(O)C(F)(F)F)CC(C(O)(C(F)(F)F)C(F)(F)F)C1. The van der Waals surface area contributed by atoms with Crippen LogP contribution in [0.4, 0.5) is 39.5 Å². The molecule has 1 saturated carbocycles. The summed E-state index contributed by atoms with van der Waals surface area (Å²) in [6.07, 6.45) is -23.2. The van der Waals surface area contributed by atoms with Crippen molar-refractivity contribution >= 4 is 5.97 Å². The van der Waals surface area contributed by atoms with Gasteiger partial charge in [-0.2, -0.15) is 39.5 Å². The number of halogens is 9. The molecule has 29 heavy (non-hydrogen) atoms. The van der Waals surface area contributed by atoms with E-state index in [0.717, 1.165) is 0 Å². The van der Waals surface area contributed by atoms with Gasteiger partial charge in [-0.3, -0.25) is 4.79 Å². The monoisotopic (exact) mass is 448 g/mol. The molecule has 0 aliphatic heterocycles. The van der Waals surface area contributed by atoms with Crippen molar-refractivity contribution in [2.45, 2.75) is 75.9 Å². The lowest BCUT2D eigenvalue weighted by molar-refractivity contribution is -0.391. The molecule has 0 amide bonds. The van der Waals surface area contributed by atoms with Gasteiger partial charge in [0.25, 0.3) is 5.60 Å². The first-order valence-corrected chi connectivity index (χ1v) is 8.51. The molecular weight excluding hydrogens is 427 g/mol. The molecule has 13 heteroatoms. The van der Waals surface area contributed by atoms with E-state index in [1.165, 1.54) is 13.8 Å². The van der Waals surface area contributed by atoms with E-state index in [0.29, 0.717) is 0 Å². The highest BCUT2D eigenvalue weighted by molar-refractivity contribution is 5.71. The molecule has 0 aromatic heterocycles. The maximum absolute atomic E-state index is 13.2. The summed E-state index contributed by atoms with van der Waals surface area (Å²) < 4.78 is 123. The number of aliphatic hydroxyl groups is 2. The van der Waals surface area contributed by atoms with Gasteiger partial charge in [-0.05, 0) is 26.2 Å². The molecule has 0 aromatic rings. The van der Waals surface area contributed by atoms with Crippen LogP contribution in [0, 0.1) is 17.8 Å². The molecule has 1 fully saturated rings. The van der Waals surface area contributed by atoms with E-state index in [9.17, 15) is 54.5 Å². The third-order valence-electron chi connectivity index (χ3n) is 5.24. The smallest absolute Gasteiger partial charge is 0.426 e. The molecule has 172 valence electrons. The van der Waals surface area contributed by atoms with Gasteiger partial charge in [-0.25, -0.2) is 0 Å². The molecule has 0 saturated heterocycles. The molecule has 1 rings (SSSR count). The van der Waals surface area contributed by atoms with Gasteiger partial charge in [0.05, 0.1) is 5.92 Å². The number of esters is 1. The molecule has 0 aromatic carbocycles. The van der Waals surface area contributed by atoms with Crippen molar-refractivity contribution in [3.05, 3.63) is 0 Å². The number of alkyl halides is 9. The van der Waals surface area contributed by atoms with Crippen molar-refractivity contribution in [3.8, 4) is 0 Å². The van der Waals surface area contributed by atoms with Crippen LogP contribution >= 0.6 is 0 Å². The number of hydrogen-bond donors (Lipinski definition) is 2. The summed E-state index contributed by atoms with van der Waals surface area (Å²) in [5.41, 5.74) is -9.02. The van der Waals surface area contributed by atoms with Crippen LogP contribution in [-0.2, 0) is 9.53 Å². The summed E-state index contributed by atoms with van der Waals surface area (Å²) in [4.78, 5) is 11.7. The zero-order valence-electron chi connectivity index (χ0n) is 15.5. The topological polar surface area (TPSA) is 66.8 Å². The fraction of sp³-hybridized carbons (Fsp3) is 0.938. The minimum absolute atomic E-state index is 0.210. The Hall–Kier alpha value is -1.24. The fourth-order valence-electron chi connectivity index (χ4n) is 3.32. The van der Waals surface area contributed by atoms with Crippen LogP contribution in [0.1, 0.15) is 40.0 Å². The number of hydrogen-bond acceptors (Lipinski definition) is 4. The zero-order valence-corrected chi connectivity index (χ0v) is 15.5. The maximum Gasteiger partial charge on any atom is 0.426 e. The Morgan fingerprint density at radius 1 is 0.828 bits per heavy atom. The van der Waals surface area contributed by atoms with E-state index in [1.54, 1.807) is 0 Å². The molecular formula is C16H21F9O4. The Morgan fingerprint density at radius 3 is 1.59 bits per heavy atom. The second-order valence-corrected chi connectivity index (χ2v) is 7.72.